The second kappa shape index (κ2) is 5.10. The number of amides is 1. The van der Waals surface area contributed by atoms with E-state index in [4.69, 9.17) is 5.73 Å². The van der Waals surface area contributed by atoms with Crippen LogP contribution in [0.4, 0.5) is 17.3 Å². The molecule has 0 fully saturated rings. The molecule has 1 rings (SSSR count). The number of pyridine rings is 1. The van der Waals surface area contributed by atoms with Gasteiger partial charge >= 0.3 is 0 Å². The fraction of sp³-hybridized carbons (Fsp3) is 0.333. The van der Waals surface area contributed by atoms with Crippen molar-refractivity contribution in [3.8, 4) is 0 Å². The SMILES string of the molecule is CNC(=O)CN(C)c1cc([N+](=O)[O-])cc(N)n1. The van der Waals surface area contributed by atoms with Crippen LogP contribution in [0.25, 0.3) is 0 Å². The number of likely N-dealkylation sites (N-methyl/N-ethyl adjacent to an activating group) is 2. The number of hydrogen-bond acceptors (Lipinski definition) is 6. The predicted molar refractivity (Wildman–Crippen MR) is 62.6 cm³/mol. The van der Waals surface area contributed by atoms with Gasteiger partial charge in [-0.05, 0) is 0 Å². The molecule has 3 N–H and O–H groups in total. The molecule has 0 aliphatic carbocycles. The lowest BCUT2D eigenvalue weighted by atomic mass is 10.3. The van der Waals surface area contributed by atoms with Crippen LogP contribution in [0.3, 0.4) is 0 Å². The summed E-state index contributed by atoms with van der Waals surface area (Å²) in [6.07, 6.45) is 0. The van der Waals surface area contributed by atoms with Crippen LogP contribution in [0, 0.1) is 10.1 Å². The summed E-state index contributed by atoms with van der Waals surface area (Å²) in [4.78, 5) is 26.6. The van der Waals surface area contributed by atoms with Crippen molar-refractivity contribution < 1.29 is 9.72 Å². The van der Waals surface area contributed by atoms with Crippen molar-refractivity contribution in [1.82, 2.24) is 10.3 Å². The molecule has 0 saturated heterocycles. The predicted octanol–water partition coefficient (Wildman–Crippen LogP) is -0.246. The molecule has 1 heterocycles. The van der Waals surface area contributed by atoms with Gasteiger partial charge in [0.25, 0.3) is 5.69 Å². The lowest BCUT2D eigenvalue weighted by molar-refractivity contribution is -0.384. The average molecular weight is 239 g/mol. The second-order valence-corrected chi connectivity index (χ2v) is 3.39. The Morgan fingerprint density at radius 1 is 1.65 bits per heavy atom. The summed E-state index contributed by atoms with van der Waals surface area (Å²) >= 11 is 0. The van der Waals surface area contributed by atoms with Gasteiger partial charge in [0, 0.05) is 14.1 Å². The topological polar surface area (TPSA) is 114 Å². The summed E-state index contributed by atoms with van der Waals surface area (Å²) in [6.45, 7) is 0.0457. The minimum Gasteiger partial charge on any atom is -0.383 e. The summed E-state index contributed by atoms with van der Waals surface area (Å²) in [5, 5.41) is 13.1. The van der Waals surface area contributed by atoms with Crippen molar-refractivity contribution in [1.29, 1.82) is 0 Å². The molecule has 1 aromatic heterocycles. The third kappa shape index (κ3) is 3.30. The number of carbonyl (C=O) groups is 1. The van der Waals surface area contributed by atoms with Gasteiger partial charge in [0.1, 0.15) is 11.6 Å². The molecule has 17 heavy (non-hydrogen) atoms. The minimum absolute atomic E-state index is 0.0398. The summed E-state index contributed by atoms with van der Waals surface area (Å²) in [5.41, 5.74) is 5.30. The third-order valence-electron chi connectivity index (χ3n) is 2.08. The lowest BCUT2D eigenvalue weighted by Gasteiger charge is -2.16. The van der Waals surface area contributed by atoms with Gasteiger partial charge < -0.3 is 16.0 Å². The number of rotatable bonds is 4. The van der Waals surface area contributed by atoms with E-state index in [2.05, 4.69) is 10.3 Å². The van der Waals surface area contributed by atoms with Gasteiger partial charge in [-0.3, -0.25) is 14.9 Å². The van der Waals surface area contributed by atoms with Gasteiger partial charge in [-0.2, -0.15) is 0 Å². The summed E-state index contributed by atoms with van der Waals surface area (Å²) in [7, 11) is 3.10. The van der Waals surface area contributed by atoms with Crippen molar-refractivity contribution in [2.45, 2.75) is 0 Å². The highest BCUT2D eigenvalue weighted by molar-refractivity contribution is 5.80. The van der Waals surface area contributed by atoms with Crippen molar-refractivity contribution in [3.05, 3.63) is 22.2 Å². The number of nitrogens with one attached hydrogen (secondary N) is 1. The Hall–Kier alpha value is -2.38. The standard InChI is InChI=1S/C9H13N5O3/c1-11-9(15)5-13(2)8-4-6(14(16)17)3-7(10)12-8/h3-4H,5H2,1-2H3,(H2,10,12)(H,11,15). The number of nitrogens with two attached hydrogens (primary N) is 1. The highest BCUT2D eigenvalue weighted by Gasteiger charge is 2.14. The highest BCUT2D eigenvalue weighted by Crippen LogP contribution is 2.20. The van der Waals surface area contributed by atoms with E-state index in [1.807, 2.05) is 0 Å². The smallest absolute Gasteiger partial charge is 0.276 e. The Morgan fingerprint density at radius 3 is 2.82 bits per heavy atom. The Kier molecular flexibility index (Phi) is 3.81. The van der Waals surface area contributed by atoms with Gasteiger partial charge in [-0.15, -0.1) is 0 Å². The van der Waals surface area contributed by atoms with Gasteiger partial charge in [0.05, 0.1) is 23.6 Å². The molecule has 0 radical (unpaired) electrons. The fourth-order valence-electron chi connectivity index (χ4n) is 1.20. The first-order chi connectivity index (χ1) is 7.93. The molecule has 8 nitrogen and oxygen atoms in total. The summed E-state index contributed by atoms with van der Waals surface area (Å²) < 4.78 is 0. The van der Waals surface area contributed by atoms with E-state index >= 15 is 0 Å². The number of nitrogens with zero attached hydrogens (tertiary/aromatic N) is 3. The van der Waals surface area contributed by atoms with E-state index in [0.717, 1.165) is 6.07 Å². The molecule has 0 aromatic carbocycles. The molecule has 1 aromatic rings. The highest BCUT2D eigenvalue weighted by atomic mass is 16.6. The van der Waals surface area contributed by atoms with E-state index in [1.54, 1.807) is 7.05 Å². The normalized spacial score (nSPS) is 9.76. The van der Waals surface area contributed by atoms with Crippen LogP contribution in [0.15, 0.2) is 12.1 Å². The molecule has 0 unspecified atom stereocenters. The van der Waals surface area contributed by atoms with Gasteiger partial charge in [0.2, 0.25) is 5.91 Å². The Labute approximate surface area is 97.6 Å². The van der Waals surface area contributed by atoms with E-state index in [0.29, 0.717) is 0 Å². The Morgan fingerprint density at radius 2 is 2.29 bits per heavy atom. The van der Waals surface area contributed by atoms with Gasteiger partial charge in [-0.1, -0.05) is 0 Å². The van der Waals surface area contributed by atoms with Crippen LogP contribution in [0.5, 0.6) is 0 Å². The zero-order chi connectivity index (χ0) is 13.0. The molecule has 1 amide bonds. The molecule has 0 aliphatic heterocycles. The maximum absolute atomic E-state index is 11.2. The van der Waals surface area contributed by atoms with Crippen LogP contribution < -0.4 is 16.0 Å². The maximum Gasteiger partial charge on any atom is 0.276 e. The molecule has 8 heteroatoms. The maximum atomic E-state index is 11.2. The molecule has 0 atom stereocenters. The van der Waals surface area contributed by atoms with Crippen LogP contribution in [-0.2, 0) is 4.79 Å². The Balaban J connectivity index is 2.97. The first kappa shape index (κ1) is 12.7. The quantitative estimate of drug-likeness (QED) is 0.553. The first-order valence-electron chi connectivity index (χ1n) is 4.77. The second-order valence-electron chi connectivity index (χ2n) is 3.39. The van der Waals surface area contributed by atoms with Crippen LogP contribution >= 0.6 is 0 Å². The van der Waals surface area contributed by atoms with Crippen molar-refractivity contribution >= 4 is 23.2 Å². The van der Waals surface area contributed by atoms with Crippen LogP contribution in [-0.4, -0.2) is 36.5 Å². The number of nitrogen functional groups attached to an aromatic ring is 1. The van der Waals surface area contributed by atoms with E-state index < -0.39 is 4.92 Å². The molecule has 0 saturated carbocycles. The monoisotopic (exact) mass is 239 g/mol. The van der Waals surface area contributed by atoms with Crippen molar-refractivity contribution in [2.24, 2.45) is 0 Å². The Bertz CT molecular complexity index is 448. The molecule has 0 spiro atoms. The van der Waals surface area contributed by atoms with Gasteiger partial charge in [-0.25, -0.2) is 4.98 Å². The fourth-order valence-corrected chi connectivity index (χ4v) is 1.20. The van der Waals surface area contributed by atoms with E-state index in [9.17, 15) is 14.9 Å². The number of anilines is 2. The molecule has 0 aliphatic rings. The molecular formula is C9H13N5O3. The number of aromatic nitrogens is 1. The minimum atomic E-state index is -0.560. The number of nitro groups is 1. The summed E-state index contributed by atoms with van der Waals surface area (Å²) in [6, 6.07) is 2.43. The molecule has 0 bridgehead atoms. The molecular weight excluding hydrogens is 226 g/mol. The zero-order valence-corrected chi connectivity index (χ0v) is 9.51. The van der Waals surface area contributed by atoms with Crippen LogP contribution in [0.1, 0.15) is 0 Å². The number of hydrogen-bond donors (Lipinski definition) is 2. The third-order valence-corrected chi connectivity index (χ3v) is 2.08. The van der Waals surface area contributed by atoms with Crippen LogP contribution in [0.2, 0.25) is 0 Å². The number of carbonyl (C=O) groups excluding carboxylic acids is 1. The zero-order valence-electron chi connectivity index (χ0n) is 9.51. The lowest BCUT2D eigenvalue weighted by Crippen LogP contribution is -2.33. The molecule has 92 valence electrons. The van der Waals surface area contributed by atoms with E-state index in [-0.39, 0.29) is 29.8 Å². The van der Waals surface area contributed by atoms with E-state index in [1.165, 1.54) is 18.0 Å². The summed E-state index contributed by atoms with van der Waals surface area (Å²) in [5.74, 6) is 0.0950. The first-order valence-corrected chi connectivity index (χ1v) is 4.77. The average Bonchev–Trinajstić information content (AvgIpc) is 2.27. The van der Waals surface area contributed by atoms with Crippen molar-refractivity contribution in [3.63, 3.8) is 0 Å². The van der Waals surface area contributed by atoms with Gasteiger partial charge in [0.15, 0.2) is 0 Å². The largest absolute Gasteiger partial charge is 0.383 e. The van der Waals surface area contributed by atoms with Crippen molar-refractivity contribution in [2.75, 3.05) is 31.3 Å².